The van der Waals surface area contributed by atoms with Crippen LogP contribution >= 0.6 is 0 Å². The van der Waals surface area contributed by atoms with Crippen LogP contribution in [0.4, 0.5) is 0 Å². The van der Waals surface area contributed by atoms with E-state index in [1.165, 1.54) is 6.20 Å². The van der Waals surface area contributed by atoms with Gasteiger partial charge in [0.25, 0.3) is 5.91 Å². The van der Waals surface area contributed by atoms with Crippen LogP contribution in [0.2, 0.25) is 0 Å². The summed E-state index contributed by atoms with van der Waals surface area (Å²) in [5, 5.41) is 8.81. The molecule has 0 spiro atoms. The number of hydrogen-bond donors (Lipinski definition) is 2. The molecule has 2 aromatic heterocycles. The van der Waals surface area contributed by atoms with Crippen LogP contribution in [0.15, 0.2) is 41.3 Å². The van der Waals surface area contributed by atoms with Crippen molar-refractivity contribution in [3.05, 3.63) is 58.1 Å². The van der Waals surface area contributed by atoms with Gasteiger partial charge in [0.15, 0.2) is 0 Å². The fraction of sp³-hybridized carbons (Fsp3) is 0.278. The summed E-state index contributed by atoms with van der Waals surface area (Å²) < 4.78 is 3.15. The first-order valence-corrected chi connectivity index (χ1v) is 8.47. The highest BCUT2D eigenvalue weighted by Gasteiger charge is 2.10. The van der Waals surface area contributed by atoms with Crippen LogP contribution in [0.25, 0.3) is 10.9 Å². The van der Waals surface area contributed by atoms with Gasteiger partial charge in [0.1, 0.15) is 6.54 Å². The lowest BCUT2D eigenvalue weighted by Crippen LogP contribution is -2.43. The molecule has 27 heavy (non-hydrogen) atoms. The van der Waals surface area contributed by atoms with Gasteiger partial charge < -0.3 is 0 Å². The fourth-order valence-corrected chi connectivity index (χ4v) is 2.76. The molecule has 0 unspecified atom stereocenters. The predicted molar refractivity (Wildman–Crippen MR) is 98.6 cm³/mol. The number of carbonyl (C=O) groups is 2. The van der Waals surface area contributed by atoms with Crippen molar-refractivity contribution in [3.8, 4) is 0 Å². The van der Waals surface area contributed by atoms with E-state index in [2.05, 4.69) is 21.0 Å². The molecule has 0 fully saturated rings. The molecule has 0 atom stereocenters. The molecular weight excluding hydrogens is 348 g/mol. The molecule has 9 heteroatoms. The highest BCUT2D eigenvalue weighted by atomic mass is 16.2. The molecule has 0 aliphatic carbocycles. The summed E-state index contributed by atoms with van der Waals surface area (Å²) in [6.07, 6.45) is 1.33. The molecule has 1 aromatic carbocycles. The Kier molecular flexibility index (Phi) is 5.30. The van der Waals surface area contributed by atoms with Gasteiger partial charge in [-0.2, -0.15) is 10.2 Å². The van der Waals surface area contributed by atoms with E-state index < -0.39 is 0 Å². The molecule has 0 saturated heterocycles. The Balaban J connectivity index is 1.53. The van der Waals surface area contributed by atoms with Crippen molar-refractivity contribution >= 4 is 22.7 Å². The molecule has 2 N–H and O–H groups in total. The maximum Gasteiger partial charge on any atom is 0.260 e. The number of hydrogen-bond acceptors (Lipinski definition) is 5. The highest BCUT2D eigenvalue weighted by molar-refractivity contribution is 5.82. The zero-order chi connectivity index (χ0) is 19.4. The van der Waals surface area contributed by atoms with Crippen molar-refractivity contribution in [2.45, 2.75) is 33.4 Å². The van der Waals surface area contributed by atoms with Crippen LogP contribution in [0.1, 0.15) is 17.8 Å². The van der Waals surface area contributed by atoms with E-state index in [0.717, 1.165) is 11.4 Å². The van der Waals surface area contributed by atoms with Gasteiger partial charge in [-0.25, -0.2) is 0 Å². The van der Waals surface area contributed by atoms with Crippen molar-refractivity contribution in [1.82, 2.24) is 30.4 Å². The van der Waals surface area contributed by atoms with E-state index in [-0.39, 0.29) is 36.8 Å². The second-order valence-corrected chi connectivity index (χ2v) is 6.18. The average molecular weight is 368 g/mol. The molecule has 0 aliphatic heterocycles. The van der Waals surface area contributed by atoms with Crippen LogP contribution in [-0.4, -0.2) is 31.4 Å². The maximum absolute atomic E-state index is 12.0. The Hall–Kier alpha value is -3.49. The largest absolute Gasteiger partial charge is 0.287 e. The summed E-state index contributed by atoms with van der Waals surface area (Å²) in [6, 6.07) is 8.94. The summed E-state index contributed by atoms with van der Waals surface area (Å²) in [4.78, 5) is 35.7. The number of aryl methyl sites for hydroxylation is 3. The van der Waals surface area contributed by atoms with E-state index in [1.807, 2.05) is 19.9 Å². The number of fused-ring (bicyclic) bond motifs is 1. The topological polar surface area (TPSA) is 111 Å². The zero-order valence-corrected chi connectivity index (χ0v) is 15.1. The monoisotopic (exact) mass is 368 g/mol. The third-order valence-electron chi connectivity index (χ3n) is 4.05. The van der Waals surface area contributed by atoms with Crippen molar-refractivity contribution in [2.24, 2.45) is 0 Å². The molecule has 0 saturated carbocycles. The Morgan fingerprint density at radius 3 is 2.56 bits per heavy atom. The van der Waals surface area contributed by atoms with E-state index >= 15 is 0 Å². The lowest BCUT2D eigenvalue weighted by atomic mass is 10.2. The number of carbonyl (C=O) groups excluding carboxylic acids is 2. The molecule has 3 aromatic rings. The summed E-state index contributed by atoms with van der Waals surface area (Å²) in [6.45, 7) is 4.00. The maximum atomic E-state index is 12.0. The number of nitrogens with zero attached hydrogens (tertiary/aromatic N) is 4. The van der Waals surface area contributed by atoms with Gasteiger partial charge in [-0.3, -0.25) is 34.6 Å². The van der Waals surface area contributed by atoms with Crippen molar-refractivity contribution in [3.63, 3.8) is 0 Å². The fourth-order valence-electron chi connectivity index (χ4n) is 2.76. The van der Waals surface area contributed by atoms with Crippen molar-refractivity contribution in [2.75, 3.05) is 0 Å². The Bertz CT molecular complexity index is 1050. The van der Waals surface area contributed by atoms with Gasteiger partial charge in [0.2, 0.25) is 11.3 Å². The van der Waals surface area contributed by atoms with E-state index in [4.69, 9.17) is 0 Å². The number of para-hydroxylation sites is 1. The zero-order valence-electron chi connectivity index (χ0n) is 15.1. The molecule has 2 amide bonds. The average Bonchev–Trinajstić information content (AvgIpc) is 2.96. The Labute approximate surface area is 155 Å². The number of amides is 2. The molecule has 9 nitrogen and oxygen atoms in total. The Morgan fingerprint density at radius 2 is 1.81 bits per heavy atom. The standard InChI is InChI=1S/C18H20N6O3/c1-12-9-13(2)24(22-12)11-18(27)21-20-17(26)7-8-23-15-6-4-3-5-14(15)16(25)10-19-23/h3-6,9-10H,7-8,11H2,1-2H3,(H,20,26)(H,21,27). The first-order valence-electron chi connectivity index (χ1n) is 8.47. The van der Waals surface area contributed by atoms with Gasteiger partial charge >= 0.3 is 0 Å². The lowest BCUT2D eigenvalue weighted by Gasteiger charge is -2.10. The highest BCUT2D eigenvalue weighted by Crippen LogP contribution is 2.08. The van der Waals surface area contributed by atoms with Crippen LogP contribution < -0.4 is 16.3 Å². The second kappa shape index (κ2) is 7.81. The first kappa shape index (κ1) is 18.3. The van der Waals surface area contributed by atoms with Crippen LogP contribution in [0.5, 0.6) is 0 Å². The van der Waals surface area contributed by atoms with Gasteiger partial charge in [-0.05, 0) is 32.0 Å². The summed E-state index contributed by atoms with van der Waals surface area (Å²) in [5.74, 6) is -0.734. The number of nitrogens with one attached hydrogen (secondary N) is 2. The van der Waals surface area contributed by atoms with E-state index in [9.17, 15) is 14.4 Å². The number of rotatable bonds is 5. The van der Waals surface area contributed by atoms with Crippen LogP contribution in [0.3, 0.4) is 0 Å². The minimum atomic E-state index is -0.374. The molecule has 140 valence electrons. The lowest BCUT2D eigenvalue weighted by molar-refractivity contribution is -0.129. The van der Waals surface area contributed by atoms with Gasteiger partial charge in [-0.15, -0.1) is 0 Å². The molecule has 0 radical (unpaired) electrons. The van der Waals surface area contributed by atoms with E-state index in [0.29, 0.717) is 10.9 Å². The summed E-state index contributed by atoms with van der Waals surface area (Å²) in [7, 11) is 0. The van der Waals surface area contributed by atoms with Gasteiger partial charge in [-0.1, -0.05) is 12.1 Å². The SMILES string of the molecule is Cc1cc(C)n(CC(=O)NNC(=O)CCn2ncc(=O)c3ccccc32)n1. The first-order chi connectivity index (χ1) is 12.9. The Morgan fingerprint density at radius 1 is 1.07 bits per heavy atom. The molecular formula is C18H20N6O3. The predicted octanol–water partition coefficient (Wildman–Crippen LogP) is 0.448. The molecule has 0 bridgehead atoms. The minimum Gasteiger partial charge on any atom is -0.287 e. The summed E-state index contributed by atoms with van der Waals surface area (Å²) >= 11 is 0. The summed E-state index contributed by atoms with van der Waals surface area (Å²) in [5.41, 5.74) is 6.93. The third-order valence-corrected chi connectivity index (χ3v) is 4.05. The quantitative estimate of drug-likeness (QED) is 0.635. The molecule has 3 rings (SSSR count). The van der Waals surface area contributed by atoms with Crippen LogP contribution in [-0.2, 0) is 22.7 Å². The van der Waals surface area contributed by atoms with Crippen LogP contribution in [0, 0.1) is 13.8 Å². The van der Waals surface area contributed by atoms with Crippen molar-refractivity contribution in [1.29, 1.82) is 0 Å². The minimum absolute atomic E-state index is 0.0197. The molecule has 0 aliphatic rings. The number of benzene rings is 1. The smallest absolute Gasteiger partial charge is 0.260 e. The van der Waals surface area contributed by atoms with Crippen molar-refractivity contribution < 1.29 is 9.59 Å². The number of aromatic nitrogens is 4. The van der Waals surface area contributed by atoms with E-state index in [1.54, 1.807) is 33.6 Å². The van der Waals surface area contributed by atoms with Gasteiger partial charge in [0, 0.05) is 17.5 Å². The normalized spacial score (nSPS) is 10.7. The molecule has 2 heterocycles. The number of hydrazine groups is 1. The second-order valence-electron chi connectivity index (χ2n) is 6.18. The van der Waals surface area contributed by atoms with Gasteiger partial charge in [0.05, 0.1) is 24.0 Å². The third kappa shape index (κ3) is 4.38.